The summed E-state index contributed by atoms with van der Waals surface area (Å²) in [5.74, 6) is -3.72. The van der Waals surface area contributed by atoms with Gasteiger partial charge in [-0.25, -0.2) is 4.79 Å². The number of aliphatic carboxylic acids is 1. The second-order valence-electron chi connectivity index (χ2n) is 10.8. The standard InChI is InChI=1S/C34H37N5O9/c40-29(18-37-34(46)48-20-27-25-12-6-4-10-23(25)24-11-5-7-13-26(24)27)35-19-31(42)39-28(16-22-8-2-1-3-9-22)33(45)36-17-30(41)38-21-47-15-14-32(43)44/h1-13,27-28H,14-21H2,(H,35,40)(H,36,45)(H,37,46)(H,38,41)(H,39,42)(H,43,44)/t28-/m0/s1. The number of carbonyl (C=O) groups excluding carboxylic acids is 5. The van der Waals surface area contributed by atoms with Crippen LogP contribution in [0.2, 0.25) is 0 Å². The van der Waals surface area contributed by atoms with Crippen molar-refractivity contribution in [3.8, 4) is 11.1 Å². The van der Waals surface area contributed by atoms with Crippen molar-refractivity contribution in [2.24, 2.45) is 0 Å². The Morgan fingerprint density at radius 2 is 1.27 bits per heavy atom. The lowest BCUT2D eigenvalue weighted by Gasteiger charge is -2.19. The predicted molar refractivity (Wildman–Crippen MR) is 172 cm³/mol. The lowest BCUT2D eigenvalue weighted by molar-refractivity contribution is -0.138. The normalized spacial score (nSPS) is 12.1. The van der Waals surface area contributed by atoms with E-state index in [0.717, 1.165) is 27.8 Å². The molecule has 48 heavy (non-hydrogen) atoms. The number of carboxylic acids is 1. The minimum atomic E-state index is -1.07. The third kappa shape index (κ3) is 10.7. The van der Waals surface area contributed by atoms with Crippen LogP contribution in [0.5, 0.6) is 0 Å². The molecule has 0 spiro atoms. The van der Waals surface area contributed by atoms with Crippen LogP contribution in [0.25, 0.3) is 11.1 Å². The van der Waals surface area contributed by atoms with E-state index >= 15 is 0 Å². The molecule has 14 nitrogen and oxygen atoms in total. The third-order valence-corrected chi connectivity index (χ3v) is 7.37. The Labute approximate surface area is 276 Å². The average molecular weight is 660 g/mol. The number of hydrogen-bond acceptors (Lipinski definition) is 8. The highest BCUT2D eigenvalue weighted by Crippen LogP contribution is 2.44. The number of ether oxygens (including phenoxy) is 2. The quantitative estimate of drug-likeness (QED) is 0.0905. The zero-order valence-corrected chi connectivity index (χ0v) is 26.0. The molecule has 1 atom stereocenters. The van der Waals surface area contributed by atoms with Gasteiger partial charge < -0.3 is 41.2 Å². The molecule has 0 unspecified atom stereocenters. The highest BCUT2D eigenvalue weighted by molar-refractivity contribution is 5.92. The first-order chi connectivity index (χ1) is 23.2. The summed E-state index contributed by atoms with van der Waals surface area (Å²) in [5.41, 5.74) is 5.02. The van der Waals surface area contributed by atoms with Crippen molar-refractivity contribution in [1.29, 1.82) is 0 Å². The number of nitrogens with one attached hydrogen (secondary N) is 5. The van der Waals surface area contributed by atoms with Gasteiger partial charge in [-0.15, -0.1) is 0 Å². The van der Waals surface area contributed by atoms with Gasteiger partial charge >= 0.3 is 12.1 Å². The van der Waals surface area contributed by atoms with Crippen LogP contribution in [0.3, 0.4) is 0 Å². The Kier molecular flexibility index (Phi) is 13.0. The minimum absolute atomic E-state index is 0.0803. The van der Waals surface area contributed by atoms with E-state index in [-0.39, 0.29) is 38.7 Å². The van der Waals surface area contributed by atoms with E-state index in [1.54, 1.807) is 30.3 Å². The zero-order valence-electron chi connectivity index (χ0n) is 26.0. The predicted octanol–water partition coefficient (Wildman–Crippen LogP) is 1.05. The van der Waals surface area contributed by atoms with Crippen LogP contribution in [0.4, 0.5) is 4.79 Å². The van der Waals surface area contributed by atoms with E-state index in [4.69, 9.17) is 14.6 Å². The molecule has 3 aromatic carbocycles. The number of alkyl carbamates (subject to hydrolysis) is 1. The molecule has 0 heterocycles. The Hall–Kier alpha value is -5.76. The van der Waals surface area contributed by atoms with Crippen LogP contribution in [-0.4, -0.2) is 86.4 Å². The van der Waals surface area contributed by atoms with Crippen molar-refractivity contribution >= 4 is 35.7 Å². The highest BCUT2D eigenvalue weighted by Gasteiger charge is 2.29. The van der Waals surface area contributed by atoms with E-state index in [2.05, 4.69) is 26.6 Å². The first kappa shape index (κ1) is 35.1. The second kappa shape index (κ2) is 17.8. The van der Waals surface area contributed by atoms with Crippen LogP contribution in [-0.2, 0) is 39.9 Å². The molecule has 0 aliphatic heterocycles. The third-order valence-electron chi connectivity index (χ3n) is 7.37. The Bertz CT molecular complexity index is 1570. The van der Waals surface area contributed by atoms with Crippen LogP contribution in [0.15, 0.2) is 78.9 Å². The molecule has 4 rings (SSSR count). The molecule has 1 aliphatic rings. The van der Waals surface area contributed by atoms with Crippen LogP contribution in [0, 0.1) is 0 Å². The van der Waals surface area contributed by atoms with Crippen LogP contribution in [0.1, 0.15) is 29.0 Å². The molecule has 252 valence electrons. The molecule has 3 aromatic rings. The summed E-state index contributed by atoms with van der Waals surface area (Å²) in [6.07, 6.45) is -0.898. The maximum absolute atomic E-state index is 12.9. The van der Waals surface area contributed by atoms with Gasteiger partial charge in [-0.1, -0.05) is 78.9 Å². The summed E-state index contributed by atoms with van der Waals surface area (Å²) >= 11 is 0. The summed E-state index contributed by atoms with van der Waals surface area (Å²) in [6.45, 7) is -1.57. The Balaban J connectivity index is 1.19. The molecule has 14 heteroatoms. The van der Waals surface area contributed by atoms with Crippen molar-refractivity contribution in [1.82, 2.24) is 26.6 Å². The second-order valence-corrected chi connectivity index (χ2v) is 10.8. The van der Waals surface area contributed by atoms with Gasteiger partial charge in [0.25, 0.3) is 0 Å². The Morgan fingerprint density at radius 3 is 1.94 bits per heavy atom. The molecule has 5 amide bonds. The van der Waals surface area contributed by atoms with Gasteiger partial charge in [-0.05, 0) is 27.8 Å². The fraction of sp³-hybridized carbons (Fsp3) is 0.294. The van der Waals surface area contributed by atoms with Gasteiger partial charge in [-0.3, -0.25) is 24.0 Å². The van der Waals surface area contributed by atoms with E-state index in [1.807, 2.05) is 48.5 Å². The fourth-order valence-corrected chi connectivity index (χ4v) is 5.06. The topological polar surface area (TPSA) is 201 Å². The van der Waals surface area contributed by atoms with Gasteiger partial charge in [0.15, 0.2) is 0 Å². The van der Waals surface area contributed by atoms with E-state index in [1.165, 1.54) is 0 Å². The van der Waals surface area contributed by atoms with Gasteiger partial charge in [0.05, 0.1) is 26.1 Å². The number of amides is 5. The summed E-state index contributed by atoms with van der Waals surface area (Å²) in [5, 5.41) is 20.8. The molecule has 0 radical (unpaired) electrons. The van der Waals surface area contributed by atoms with E-state index < -0.39 is 61.4 Å². The van der Waals surface area contributed by atoms with Crippen molar-refractivity contribution in [2.45, 2.75) is 24.8 Å². The maximum atomic E-state index is 12.9. The molecule has 0 bridgehead atoms. The molecule has 0 fully saturated rings. The molecular formula is C34H37N5O9. The number of fused-ring (bicyclic) bond motifs is 3. The van der Waals surface area contributed by atoms with E-state index in [0.29, 0.717) is 0 Å². The molecule has 0 saturated carbocycles. The van der Waals surface area contributed by atoms with Crippen LogP contribution < -0.4 is 26.6 Å². The lowest BCUT2D eigenvalue weighted by Crippen LogP contribution is -2.52. The molecule has 0 saturated heterocycles. The molecule has 0 aromatic heterocycles. The van der Waals surface area contributed by atoms with Gasteiger partial charge in [0.1, 0.15) is 25.9 Å². The van der Waals surface area contributed by atoms with Crippen LogP contribution >= 0.6 is 0 Å². The van der Waals surface area contributed by atoms with Crippen molar-refractivity contribution in [3.63, 3.8) is 0 Å². The SMILES string of the molecule is O=C(O)CCOCNC(=O)CNC(=O)[C@H](Cc1ccccc1)NC(=O)CNC(=O)CNC(=O)OCC1c2ccccc2-c2ccccc21. The van der Waals surface area contributed by atoms with E-state index in [9.17, 15) is 28.8 Å². The molecular weight excluding hydrogens is 622 g/mol. The van der Waals surface area contributed by atoms with Crippen molar-refractivity contribution < 1.29 is 43.3 Å². The number of hydrogen-bond donors (Lipinski definition) is 6. The number of carboxylic acid groups (broad SMARTS) is 1. The first-order valence-corrected chi connectivity index (χ1v) is 15.2. The van der Waals surface area contributed by atoms with Crippen molar-refractivity contribution in [2.75, 3.05) is 39.6 Å². The monoisotopic (exact) mass is 659 g/mol. The lowest BCUT2D eigenvalue weighted by atomic mass is 9.98. The number of benzene rings is 3. The molecule has 6 N–H and O–H groups in total. The fourth-order valence-electron chi connectivity index (χ4n) is 5.06. The summed E-state index contributed by atoms with van der Waals surface area (Å²) in [7, 11) is 0. The highest BCUT2D eigenvalue weighted by atomic mass is 16.5. The largest absolute Gasteiger partial charge is 0.481 e. The number of rotatable bonds is 17. The zero-order chi connectivity index (χ0) is 34.3. The summed E-state index contributed by atoms with van der Waals surface area (Å²) in [6, 6.07) is 23.6. The van der Waals surface area contributed by atoms with Crippen molar-refractivity contribution in [3.05, 3.63) is 95.6 Å². The smallest absolute Gasteiger partial charge is 0.407 e. The number of carbonyl (C=O) groups is 6. The maximum Gasteiger partial charge on any atom is 0.407 e. The summed E-state index contributed by atoms with van der Waals surface area (Å²) < 4.78 is 10.4. The Morgan fingerprint density at radius 1 is 0.688 bits per heavy atom. The average Bonchev–Trinajstić information content (AvgIpc) is 3.41. The minimum Gasteiger partial charge on any atom is -0.481 e. The summed E-state index contributed by atoms with van der Waals surface area (Å²) in [4.78, 5) is 72.9. The first-order valence-electron chi connectivity index (χ1n) is 15.2. The van der Waals surface area contributed by atoms with Gasteiger partial charge in [-0.2, -0.15) is 0 Å². The van der Waals surface area contributed by atoms with Gasteiger partial charge in [0.2, 0.25) is 23.6 Å². The van der Waals surface area contributed by atoms with Gasteiger partial charge in [0, 0.05) is 12.3 Å². The molecule has 1 aliphatic carbocycles.